The summed E-state index contributed by atoms with van der Waals surface area (Å²) in [4.78, 5) is 19.4. The molecular formula is C19H23F2N7O2. The first kappa shape index (κ1) is 20.1. The van der Waals surface area contributed by atoms with Gasteiger partial charge in [-0.05, 0) is 43.7 Å². The molecule has 3 aromatic heterocycles. The van der Waals surface area contributed by atoms with E-state index in [2.05, 4.69) is 25.1 Å². The summed E-state index contributed by atoms with van der Waals surface area (Å²) in [6.45, 7) is -2.64. The third-order valence-corrected chi connectivity index (χ3v) is 5.31. The predicted molar refractivity (Wildman–Crippen MR) is 109 cm³/mol. The number of anilines is 2. The zero-order valence-corrected chi connectivity index (χ0v) is 16.2. The molecule has 0 atom stereocenters. The first-order chi connectivity index (χ1) is 14.5. The van der Waals surface area contributed by atoms with Crippen LogP contribution in [0.3, 0.4) is 0 Å². The lowest BCUT2D eigenvalue weighted by atomic mass is 9.86. The fourth-order valence-electron chi connectivity index (χ4n) is 3.74. The maximum absolute atomic E-state index is 12.6. The highest BCUT2D eigenvalue weighted by molar-refractivity contribution is 5.74. The molecule has 3 aromatic rings. The zero-order chi connectivity index (χ0) is 21.1. The Morgan fingerprint density at radius 3 is 2.83 bits per heavy atom. The average Bonchev–Trinajstić information content (AvgIpc) is 3.32. The normalized spacial score (nSPS) is 19.8. The second-order valence-corrected chi connectivity index (χ2v) is 7.33. The van der Waals surface area contributed by atoms with Gasteiger partial charge in [-0.25, -0.2) is 9.50 Å². The van der Waals surface area contributed by atoms with Crippen molar-refractivity contribution in [3.8, 4) is 0 Å². The highest BCUT2D eigenvalue weighted by Gasteiger charge is 2.23. The summed E-state index contributed by atoms with van der Waals surface area (Å²) < 4.78 is 31.9. The minimum atomic E-state index is -2.72. The number of hydrogen-bond acceptors (Lipinski definition) is 6. The molecule has 1 saturated carbocycles. The summed E-state index contributed by atoms with van der Waals surface area (Å²) in [5, 5.41) is 7.69. The third-order valence-electron chi connectivity index (χ3n) is 5.31. The van der Waals surface area contributed by atoms with Crippen molar-refractivity contribution in [1.29, 1.82) is 0 Å². The quantitative estimate of drug-likeness (QED) is 0.542. The van der Waals surface area contributed by atoms with E-state index in [0.717, 1.165) is 25.7 Å². The molecule has 0 spiro atoms. The fourth-order valence-corrected chi connectivity index (χ4v) is 3.74. The number of hydrogen-bond donors (Lipinski definition) is 3. The summed E-state index contributed by atoms with van der Waals surface area (Å²) in [7, 11) is 0. The number of nitrogens with two attached hydrogens (primary N) is 1. The standard InChI is InChI=1S/C19H23F2N7O2/c20-17(21)30-11-12-1-3-14(4-2-12)24-19-25-16(29)15-13(6-9-28(15)26-19)5-8-27-10-7-23-18(27)22/h5-10,12,14,17H,1-4,11H2,(H2,22,23)(H2,24,25,26,29)/b8-5+. The number of rotatable bonds is 7. The van der Waals surface area contributed by atoms with Gasteiger partial charge in [-0.3, -0.25) is 14.3 Å². The van der Waals surface area contributed by atoms with Crippen LogP contribution in [0.1, 0.15) is 31.2 Å². The van der Waals surface area contributed by atoms with E-state index in [0.29, 0.717) is 23.0 Å². The van der Waals surface area contributed by atoms with E-state index >= 15 is 0 Å². The lowest BCUT2D eigenvalue weighted by molar-refractivity contribution is -0.140. The van der Waals surface area contributed by atoms with Crippen LogP contribution >= 0.6 is 0 Å². The molecule has 0 aliphatic heterocycles. The molecule has 3 heterocycles. The van der Waals surface area contributed by atoms with Gasteiger partial charge in [0.15, 0.2) is 0 Å². The Morgan fingerprint density at radius 1 is 1.33 bits per heavy atom. The number of halogens is 2. The zero-order valence-electron chi connectivity index (χ0n) is 16.2. The monoisotopic (exact) mass is 419 g/mol. The summed E-state index contributed by atoms with van der Waals surface area (Å²) in [6, 6.07) is 1.91. The largest absolute Gasteiger partial charge is 0.369 e. The van der Waals surface area contributed by atoms with Gasteiger partial charge in [0, 0.05) is 36.4 Å². The molecule has 160 valence electrons. The number of H-pyrrole nitrogens is 1. The molecule has 0 amide bonds. The van der Waals surface area contributed by atoms with Crippen molar-refractivity contribution in [3.05, 3.63) is 40.6 Å². The molecular weight excluding hydrogens is 396 g/mol. The summed E-state index contributed by atoms with van der Waals surface area (Å²) in [5.41, 5.74) is 6.58. The van der Waals surface area contributed by atoms with Crippen LogP contribution < -0.4 is 16.6 Å². The van der Waals surface area contributed by atoms with E-state index < -0.39 is 6.61 Å². The second-order valence-electron chi connectivity index (χ2n) is 7.33. The molecule has 1 fully saturated rings. The number of nitrogens with zero attached hydrogens (tertiary/aromatic N) is 4. The van der Waals surface area contributed by atoms with Gasteiger partial charge in [0.25, 0.3) is 5.56 Å². The highest BCUT2D eigenvalue weighted by atomic mass is 19.3. The molecule has 0 unspecified atom stereocenters. The van der Waals surface area contributed by atoms with Crippen LogP contribution in [0.25, 0.3) is 17.8 Å². The lowest BCUT2D eigenvalue weighted by Gasteiger charge is -2.28. The minimum absolute atomic E-state index is 0.0792. The van der Waals surface area contributed by atoms with Crippen molar-refractivity contribution in [1.82, 2.24) is 24.1 Å². The van der Waals surface area contributed by atoms with Gasteiger partial charge in [0.1, 0.15) is 5.52 Å². The molecule has 11 heteroatoms. The number of aromatic nitrogens is 5. The Morgan fingerprint density at radius 2 is 2.13 bits per heavy atom. The van der Waals surface area contributed by atoms with Crippen molar-refractivity contribution >= 4 is 29.7 Å². The van der Waals surface area contributed by atoms with Crippen LogP contribution in [0.2, 0.25) is 0 Å². The smallest absolute Gasteiger partial charge is 0.345 e. The van der Waals surface area contributed by atoms with Crippen molar-refractivity contribution in [3.63, 3.8) is 0 Å². The van der Waals surface area contributed by atoms with E-state index in [1.807, 2.05) is 0 Å². The molecule has 0 aromatic carbocycles. The first-order valence-corrected chi connectivity index (χ1v) is 9.74. The number of imidazole rings is 1. The molecule has 0 radical (unpaired) electrons. The third kappa shape index (κ3) is 4.51. The SMILES string of the molecule is Nc1nccn1/C=C/c1ccn2nc(NC3CCC(COC(F)F)CC3)[nH]c(=O)c12. The Bertz CT molecular complexity index is 1080. The highest BCUT2D eigenvalue weighted by Crippen LogP contribution is 2.26. The summed E-state index contributed by atoms with van der Waals surface area (Å²) >= 11 is 0. The van der Waals surface area contributed by atoms with Crippen LogP contribution in [0.4, 0.5) is 20.7 Å². The second kappa shape index (κ2) is 8.66. The van der Waals surface area contributed by atoms with Gasteiger partial charge in [-0.1, -0.05) is 0 Å². The van der Waals surface area contributed by atoms with Crippen LogP contribution in [0.5, 0.6) is 0 Å². The van der Waals surface area contributed by atoms with Crippen molar-refractivity contribution < 1.29 is 13.5 Å². The Hall–Kier alpha value is -3.21. The average molecular weight is 419 g/mol. The maximum atomic E-state index is 12.6. The lowest BCUT2D eigenvalue weighted by Crippen LogP contribution is -2.30. The molecule has 0 saturated heterocycles. The van der Waals surface area contributed by atoms with Crippen LogP contribution in [0, 0.1) is 5.92 Å². The number of nitrogen functional groups attached to an aromatic ring is 1. The van der Waals surface area contributed by atoms with Crippen LogP contribution in [0.15, 0.2) is 29.5 Å². The van der Waals surface area contributed by atoms with E-state index in [4.69, 9.17) is 5.73 Å². The predicted octanol–water partition coefficient (Wildman–Crippen LogP) is 2.64. The number of fused-ring (bicyclic) bond motifs is 1. The number of alkyl halides is 2. The van der Waals surface area contributed by atoms with Crippen LogP contribution in [-0.4, -0.2) is 43.4 Å². The van der Waals surface area contributed by atoms with Gasteiger partial charge < -0.3 is 15.8 Å². The molecule has 30 heavy (non-hydrogen) atoms. The van der Waals surface area contributed by atoms with Crippen molar-refractivity contribution in [2.45, 2.75) is 38.3 Å². The summed E-state index contributed by atoms with van der Waals surface area (Å²) in [6.07, 6.45) is 11.7. The number of ether oxygens (including phenoxy) is 1. The van der Waals surface area contributed by atoms with Crippen LogP contribution in [-0.2, 0) is 4.74 Å². The topological polar surface area (TPSA) is 115 Å². The van der Waals surface area contributed by atoms with Gasteiger partial charge in [-0.2, -0.15) is 8.78 Å². The van der Waals surface area contributed by atoms with Gasteiger partial charge in [0.2, 0.25) is 11.9 Å². The van der Waals surface area contributed by atoms with E-state index in [-0.39, 0.29) is 24.1 Å². The molecule has 1 aliphatic rings. The molecule has 4 rings (SSSR count). The van der Waals surface area contributed by atoms with E-state index in [1.54, 1.807) is 41.5 Å². The Labute approximate surface area is 170 Å². The van der Waals surface area contributed by atoms with E-state index in [1.165, 1.54) is 4.52 Å². The van der Waals surface area contributed by atoms with Gasteiger partial charge >= 0.3 is 6.61 Å². The molecule has 4 N–H and O–H groups in total. The first-order valence-electron chi connectivity index (χ1n) is 9.74. The number of aromatic amines is 1. The molecule has 0 bridgehead atoms. The Balaban J connectivity index is 1.43. The summed E-state index contributed by atoms with van der Waals surface area (Å²) in [5.74, 6) is 0.864. The molecule has 1 aliphatic carbocycles. The van der Waals surface area contributed by atoms with Crippen molar-refractivity contribution in [2.75, 3.05) is 17.7 Å². The Kier molecular flexibility index (Phi) is 5.79. The number of nitrogens with one attached hydrogen (secondary N) is 2. The minimum Gasteiger partial charge on any atom is -0.369 e. The van der Waals surface area contributed by atoms with Gasteiger partial charge in [0.05, 0.1) is 6.61 Å². The maximum Gasteiger partial charge on any atom is 0.345 e. The fraction of sp³-hybridized carbons (Fsp3) is 0.421. The van der Waals surface area contributed by atoms with Gasteiger partial charge in [-0.15, -0.1) is 5.10 Å². The van der Waals surface area contributed by atoms with Crippen molar-refractivity contribution in [2.24, 2.45) is 5.92 Å². The van der Waals surface area contributed by atoms with E-state index in [9.17, 15) is 13.6 Å². The molecule has 9 nitrogen and oxygen atoms in total.